The van der Waals surface area contributed by atoms with Crippen molar-refractivity contribution in [2.75, 3.05) is 12.4 Å². The summed E-state index contributed by atoms with van der Waals surface area (Å²) in [5.41, 5.74) is 5.49. The molecule has 1 amide bonds. The molecule has 0 aromatic rings. The summed E-state index contributed by atoms with van der Waals surface area (Å²) in [5.74, 6) is -2.14. The predicted molar refractivity (Wildman–Crippen MR) is 67.3 cm³/mol. The largest absolute Gasteiger partial charge is 0.481 e. The van der Waals surface area contributed by atoms with Gasteiger partial charge in [-0.1, -0.05) is 0 Å². The van der Waals surface area contributed by atoms with Gasteiger partial charge in [0, 0.05) is 12.2 Å². The fourth-order valence-corrected chi connectivity index (χ4v) is 1.35. The summed E-state index contributed by atoms with van der Waals surface area (Å²) in [5, 5.41) is 10.8. The van der Waals surface area contributed by atoms with Crippen molar-refractivity contribution in [3.05, 3.63) is 0 Å². The van der Waals surface area contributed by atoms with E-state index in [0.29, 0.717) is 0 Å². The summed E-state index contributed by atoms with van der Waals surface area (Å²) in [4.78, 5) is 33.3. The lowest BCUT2D eigenvalue weighted by molar-refractivity contribution is -0.147. The number of carboxylic acid groups (broad SMARTS) is 1. The maximum atomic E-state index is 11.6. The number of aliphatic carboxylic acids is 1. The van der Waals surface area contributed by atoms with Crippen LogP contribution in [0.4, 0.5) is 0 Å². The lowest BCUT2D eigenvalue weighted by Crippen LogP contribution is -2.49. The number of amides is 1. The number of thiol groups is 1. The maximum Gasteiger partial charge on any atom is 0.329 e. The van der Waals surface area contributed by atoms with Crippen molar-refractivity contribution in [3.8, 4) is 0 Å². The van der Waals surface area contributed by atoms with Crippen LogP contribution in [0.5, 0.6) is 0 Å². The minimum absolute atomic E-state index is 0.00326. The van der Waals surface area contributed by atoms with Gasteiger partial charge in [0.1, 0.15) is 6.04 Å². The van der Waals surface area contributed by atoms with Crippen LogP contribution in [0.1, 0.15) is 19.8 Å². The van der Waals surface area contributed by atoms with Gasteiger partial charge in [-0.05, 0) is 13.3 Å². The lowest BCUT2D eigenvalue weighted by atomic mass is 10.1. The molecule has 0 saturated carbocycles. The average molecular weight is 278 g/mol. The van der Waals surface area contributed by atoms with E-state index in [-0.39, 0.29) is 25.2 Å². The summed E-state index contributed by atoms with van der Waals surface area (Å²) in [6.45, 7) is 1.85. The monoisotopic (exact) mass is 278 g/mol. The van der Waals surface area contributed by atoms with Gasteiger partial charge in [-0.15, -0.1) is 0 Å². The van der Waals surface area contributed by atoms with Gasteiger partial charge in [-0.3, -0.25) is 9.59 Å². The molecule has 104 valence electrons. The van der Waals surface area contributed by atoms with Crippen molar-refractivity contribution in [1.82, 2.24) is 5.32 Å². The van der Waals surface area contributed by atoms with E-state index in [1.54, 1.807) is 6.92 Å². The molecular formula is C10H18N2O5S. The highest BCUT2D eigenvalue weighted by molar-refractivity contribution is 7.80. The third-order valence-electron chi connectivity index (χ3n) is 2.08. The van der Waals surface area contributed by atoms with Gasteiger partial charge < -0.3 is 20.9 Å². The first-order valence-electron chi connectivity index (χ1n) is 5.47. The average Bonchev–Trinajstić information content (AvgIpc) is 2.32. The molecule has 0 bridgehead atoms. The van der Waals surface area contributed by atoms with Crippen molar-refractivity contribution in [1.29, 1.82) is 0 Å². The van der Waals surface area contributed by atoms with Crippen molar-refractivity contribution in [3.63, 3.8) is 0 Å². The maximum absolute atomic E-state index is 11.6. The summed E-state index contributed by atoms with van der Waals surface area (Å²) in [6.07, 6.45) is -0.206. The van der Waals surface area contributed by atoms with Gasteiger partial charge in [0.15, 0.2) is 0 Å². The number of nitrogens with two attached hydrogens (primary N) is 1. The van der Waals surface area contributed by atoms with E-state index in [2.05, 4.69) is 17.9 Å². The van der Waals surface area contributed by atoms with Gasteiger partial charge in [-0.25, -0.2) is 4.79 Å². The quantitative estimate of drug-likeness (QED) is 0.339. The number of hydrogen-bond acceptors (Lipinski definition) is 6. The van der Waals surface area contributed by atoms with Gasteiger partial charge in [0.25, 0.3) is 0 Å². The molecule has 4 N–H and O–H groups in total. The molecule has 0 unspecified atom stereocenters. The molecule has 2 atom stereocenters. The van der Waals surface area contributed by atoms with Crippen LogP contribution in [0.2, 0.25) is 0 Å². The number of carbonyl (C=O) groups excluding carboxylic acids is 2. The van der Waals surface area contributed by atoms with Crippen LogP contribution < -0.4 is 11.1 Å². The molecule has 0 aromatic carbocycles. The van der Waals surface area contributed by atoms with Crippen molar-refractivity contribution in [2.24, 2.45) is 5.73 Å². The summed E-state index contributed by atoms with van der Waals surface area (Å²) < 4.78 is 4.74. The van der Waals surface area contributed by atoms with Crippen LogP contribution in [-0.4, -0.2) is 47.4 Å². The summed E-state index contributed by atoms with van der Waals surface area (Å²) in [6, 6.07) is -1.85. The molecular weight excluding hydrogens is 260 g/mol. The number of carbonyl (C=O) groups is 3. The molecule has 0 aliphatic carbocycles. The molecule has 0 aromatic heterocycles. The van der Waals surface area contributed by atoms with Crippen molar-refractivity contribution in [2.45, 2.75) is 31.8 Å². The first-order valence-corrected chi connectivity index (χ1v) is 6.10. The zero-order valence-corrected chi connectivity index (χ0v) is 11.0. The van der Waals surface area contributed by atoms with Crippen LogP contribution in [-0.2, 0) is 19.1 Å². The normalized spacial score (nSPS) is 13.5. The highest BCUT2D eigenvalue weighted by atomic mass is 32.1. The van der Waals surface area contributed by atoms with E-state index in [1.807, 2.05) is 0 Å². The van der Waals surface area contributed by atoms with Crippen LogP contribution in [0.15, 0.2) is 0 Å². The van der Waals surface area contributed by atoms with Crippen LogP contribution in [0.3, 0.4) is 0 Å². The number of carboxylic acids is 1. The Morgan fingerprint density at radius 2 is 2.06 bits per heavy atom. The number of ether oxygens (including phenoxy) is 1. The Balaban J connectivity index is 4.25. The number of rotatable bonds is 8. The van der Waals surface area contributed by atoms with Gasteiger partial charge >= 0.3 is 11.9 Å². The smallest absolute Gasteiger partial charge is 0.329 e. The minimum atomic E-state index is -1.03. The Hall–Kier alpha value is -1.28. The van der Waals surface area contributed by atoms with Gasteiger partial charge in [0.2, 0.25) is 5.91 Å². The Morgan fingerprint density at radius 1 is 1.44 bits per heavy atom. The molecule has 0 rings (SSSR count). The standard InChI is InChI=1S/C10H18N2O5S/c1-2-17-10(16)7(5-18)12-9(15)6(11)3-4-8(13)14/h6-7,18H,2-5,11H2,1H3,(H,12,15)(H,13,14)/t6-,7+/m0/s1. The third kappa shape index (κ3) is 6.45. The molecule has 0 fully saturated rings. The molecule has 0 heterocycles. The van der Waals surface area contributed by atoms with E-state index >= 15 is 0 Å². The number of hydrogen-bond donors (Lipinski definition) is 4. The molecule has 0 aliphatic rings. The van der Waals surface area contributed by atoms with E-state index in [9.17, 15) is 14.4 Å². The third-order valence-corrected chi connectivity index (χ3v) is 2.44. The Morgan fingerprint density at radius 3 is 2.50 bits per heavy atom. The molecule has 0 aliphatic heterocycles. The number of nitrogens with one attached hydrogen (secondary N) is 1. The SMILES string of the molecule is CCOC(=O)[C@@H](CS)NC(=O)[C@@H](N)CCC(=O)O. The van der Waals surface area contributed by atoms with Crippen molar-refractivity contribution < 1.29 is 24.2 Å². The molecule has 0 spiro atoms. The van der Waals surface area contributed by atoms with E-state index in [0.717, 1.165) is 0 Å². The zero-order valence-electron chi connectivity index (χ0n) is 10.1. The minimum Gasteiger partial charge on any atom is -0.481 e. The second kappa shape index (κ2) is 8.76. The Bertz CT molecular complexity index is 311. The molecule has 18 heavy (non-hydrogen) atoms. The van der Waals surface area contributed by atoms with Gasteiger partial charge in [0.05, 0.1) is 12.6 Å². The second-order valence-corrected chi connectivity index (χ2v) is 3.90. The summed E-state index contributed by atoms with van der Waals surface area (Å²) >= 11 is 3.93. The first kappa shape index (κ1) is 16.7. The topological polar surface area (TPSA) is 119 Å². The first-order chi connectivity index (χ1) is 8.42. The lowest BCUT2D eigenvalue weighted by Gasteiger charge is -2.17. The second-order valence-electron chi connectivity index (χ2n) is 3.53. The van der Waals surface area contributed by atoms with E-state index in [4.69, 9.17) is 15.6 Å². The van der Waals surface area contributed by atoms with Gasteiger partial charge in [-0.2, -0.15) is 12.6 Å². The predicted octanol–water partition coefficient (Wildman–Crippen LogP) is -0.844. The molecule has 8 heteroatoms. The zero-order chi connectivity index (χ0) is 14.1. The van der Waals surface area contributed by atoms with E-state index < -0.39 is 29.9 Å². The molecule has 0 saturated heterocycles. The number of esters is 1. The van der Waals surface area contributed by atoms with Crippen LogP contribution >= 0.6 is 12.6 Å². The van der Waals surface area contributed by atoms with Crippen molar-refractivity contribution >= 4 is 30.5 Å². The molecule has 0 radical (unpaired) electrons. The van der Waals surface area contributed by atoms with Crippen LogP contribution in [0.25, 0.3) is 0 Å². The highest BCUT2D eigenvalue weighted by Crippen LogP contribution is 1.98. The fraction of sp³-hybridized carbons (Fsp3) is 0.700. The molecule has 7 nitrogen and oxygen atoms in total. The van der Waals surface area contributed by atoms with E-state index in [1.165, 1.54) is 0 Å². The Labute approximate surface area is 110 Å². The highest BCUT2D eigenvalue weighted by Gasteiger charge is 2.23. The summed E-state index contributed by atoms with van der Waals surface area (Å²) in [7, 11) is 0. The van der Waals surface area contributed by atoms with Crippen LogP contribution in [0, 0.1) is 0 Å². The Kier molecular flexibility index (Phi) is 8.14. The fourth-order valence-electron chi connectivity index (χ4n) is 1.11.